The van der Waals surface area contributed by atoms with Crippen LogP contribution in [0, 0.1) is 5.92 Å². The van der Waals surface area contributed by atoms with Gasteiger partial charge in [-0.1, -0.05) is 39.2 Å². The smallest absolute Gasteiger partial charge is 0.154 e. The molecule has 0 saturated heterocycles. The topological polar surface area (TPSA) is 43.1 Å². The maximum absolute atomic E-state index is 11.8. The monoisotopic (exact) mass is 225 g/mol. The number of hydrogen-bond acceptors (Lipinski definition) is 2. The summed E-state index contributed by atoms with van der Waals surface area (Å²) in [6.45, 7) is 9.38. The van der Waals surface area contributed by atoms with E-state index >= 15 is 0 Å². The van der Waals surface area contributed by atoms with E-state index in [2.05, 4.69) is 6.58 Å². The zero-order chi connectivity index (χ0) is 12.6. The molecule has 2 N–H and O–H groups in total. The molecule has 0 aliphatic carbocycles. The molecule has 16 heavy (non-hydrogen) atoms. The molecule has 0 aromatic heterocycles. The third-order valence-corrected chi connectivity index (χ3v) is 2.94. The van der Waals surface area contributed by atoms with Crippen molar-refractivity contribution in [1.29, 1.82) is 0 Å². The zero-order valence-electron chi connectivity index (χ0n) is 11.1. The highest BCUT2D eigenvalue weighted by Crippen LogP contribution is 2.17. The van der Waals surface area contributed by atoms with Gasteiger partial charge in [0.25, 0.3) is 0 Å². The van der Waals surface area contributed by atoms with Crippen LogP contribution in [0.3, 0.4) is 0 Å². The highest BCUT2D eigenvalue weighted by atomic mass is 16.1. The molecule has 94 valence electrons. The Morgan fingerprint density at radius 2 is 1.88 bits per heavy atom. The van der Waals surface area contributed by atoms with Crippen molar-refractivity contribution in [3.8, 4) is 0 Å². The Bertz CT molecular complexity index is 219. The molecular formula is C14H27NO. The van der Waals surface area contributed by atoms with Gasteiger partial charge in [-0.2, -0.15) is 0 Å². The van der Waals surface area contributed by atoms with E-state index in [4.69, 9.17) is 5.73 Å². The van der Waals surface area contributed by atoms with Gasteiger partial charge in [0.1, 0.15) is 0 Å². The predicted octanol–water partition coefficient (Wildman–Crippen LogP) is 3.46. The second kappa shape index (κ2) is 7.61. The Labute approximate surface area is 100 Å². The van der Waals surface area contributed by atoms with E-state index in [1.54, 1.807) is 0 Å². The molecule has 0 amide bonds. The molecule has 2 nitrogen and oxygen atoms in total. The average Bonchev–Trinajstić information content (AvgIpc) is 2.22. The van der Waals surface area contributed by atoms with Crippen LogP contribution in [0.25, 0.3) is 0 Å². The molecule has 0 aliphatic heterocycles. The van der Waals surface area contributed by atoms with Gasteiger partial charge in [0.05, 0.1) is 5.54 Å². The molecule has 0 aromatic rings. The fraction of sp³-hybridized carbons (Fsp3) is 0.786. The van der Waals surface area contributed by atoms with Gasteiger partial charge in [0, 0.05) is 5.92 Å². The van der Waals surface area contributed by atoms with E-state index in [0.29, 0.717) is 0 Å². The normalized spacial score (nSPS) is 14.8. The van der Waals surface area contributed by atoms with Crippen LogP contribution < -0.4 is 5.73 Å². The highest BCUT2D eigenvalue weighted by Gasteiger charge is 2.29. The van der Waals surface area contributed by atoms with Gasteiger partial charge in [0.15, 0.2) is 5.78 Å². The average molecular weight is 225 g/mol. The van der Waals surface area contributed by atoms with Crippen molar-refractivity contribution in [3.05, 3.63) is 12.7 Å². The Morgan fingerprint density at radius 1 is 1.31 bits per heavy atom. The number of carbonyl (C=O) groups is 1. The molecule has 0 aromatic carbocycles. The minimum Gasteiger partial charge on any atom is -0.319 e. The van der Waals surface area contributed by atoms with Gasteiger partial charge < -0.3 is 5.73 Å². The summed E-state index contributed by atoms with van der Waals surface area (Å²) in [6.07, 6.45) is 8.45. The van der Waals surface area contributed by atoms with Crippen LogP contribution in [0.5, 0.6) is 0 Å². The van der Waals surface area contributed by atoms with Gasteiger partial charge in [-0.15, -0.1) is 6.58 Å². The van der Waals surface area contributed by atoms with E-state index in [1.807, 2.05) is 26.8 Å². The second-order valence-electron chi connectivity index (χ2n) is 5.18. The van der Waals surface area contributed by atoms with Gasteiger partial charge in [0.2, 0.25) is 0 Å². The summed E-state index contributed by atoms with van der Waals surface area (Å²) < 4.78 is 0. The summed E-state index contributed by atoms with van der Waals surface area (Å²) in [6, 6.07) is 0. The molecular weight excluding hydrogens is 198 g/mol. The number of unbranched alkanes of at least 4 members (excludes halogenated alkanes) is 4. The number of rotatable bonds is 9. The van der Waals surface area contributed by atoms with Crippen LogP contribution in [0.1, 0.15) is 59.3 Å². The molecule has 0 radical (unpaired) electrons. The first-order chi connectivity index (χ1) is 7.41. The van der Waals surface area contributed by atoms with Crippen LogP contribution >= 0.6 is 0 Å². The van der Waals surface area contributed by atoms with Crippen LogP contribution in [0.15, 0.2) is 12.7 Å². The maximum Gasteiger partial charge on any atom is 0.154 e. The van der Waals surface area contributed by atoms with Gasteiger partial charge >= 0.3 is 0 Å². The van der Waals surface area contributed by atoms with E-state index < -0.39 is 5.54 Å². The number of Topliss-reactive ketones (excluding diaryl/α,β-unsaturated/α-hetero) is 1. The SMILES string of the molecule is C=CCCCCCC[C@@](C)(N)C(=O)C(C)C. The summed E-state index contributed by atoms with van der Waals surface area (Å²) in [4.78, 5) is 11.8. The van der Waals surface area contributed by atoms with Crippen LogP contribution in [-0.4, -0.2) is 11.3 Å². The van der Waals surface area contributed by atoms with Crippen molar-refractivity contribution in [2.45, 2.75) is 64.8 Å². The minimum absolute atomic E-state index is 0.0377. The van der Waals surface area contributed by atoms with Gasteiger partial charge in [-0.3, -0.25) is 4.79 Å². The Balaban J connectivity index is 3.74. The molecule has 0 heterocycles. The van der Waals surface area contributed by atoms with Crippen molar-refractivity contribution >= 4 is 5.78 Å². The third-order valence-electron chi connectivity index (χ3n) is 2.94. The molecule has 2 heteroatoms. The molecule has 0 spiro atoms. The molecule has 0 unspecified atom stereocenters. The predicted molar refractivity (Wildman–Crippen MR) is 70.3 cm³/mol. The number of allylic oxidation sites excluding steroid dienone is 1. The lowest BCUT2D eigenvalue weighted by Crippen LogP contribution is -2.47. The number of hydrogen-bond donors (Lipinski definition) is 1. The van der Waals surface area contributed by atoms with Crippen molar-refractivity contribution in [3.63, 3.8) is 0 Å². The van der Waals surface area contributed by atoms with E-state index in [9.17, 15) is 4.79 Å². The molecule has 0 saturated carbocycles. The first-order valence-corrected chi connectivity index (χ1v) is 6.36. The van der Waals surface area contributed by atoms with E-state index in [-0.39, 0.29) is 11.7 Å². The molecule has 0 fully saturated rings. The van der Waals surface area contributed by atoms with Crippen molar-refractivity contribution in [2.75, 3.05) is 0 Å². The van der Waals surface area contributed by atoms with Crippen molar-refractivity contribution in [2.24, 2.45) is 11.7 Å². The first-order valence-electron chi connectivity index (χ1n) is 6.36. The number of carbonyl (C=O) groups excluding carboxylic acids is 1. The number of nitrogens with two attached hydrogens (primary N) is 1. The summed E-state index contributed by atoms with van der Waals surface area (Å²) in [7, 11) is 0. The lowest BCUT2D eigenvalue weighted by Gasteiger charge is -2.25. The largest absolute Gasteiger partial charge is 0.319 e. The Morgan fingerprint density at radius 3 is 2.38 bits per heavy atom. The quantitative estimate of drug-likeness (QED) is 0.482. The lowest BCUT2D eigenvalue weighted by atomic mass is 9.85. The summed E-state index contributed by atoms with van der Waals surface area (Å²) in [5.74, 6) is 0.217. The second-order valence-corrected chi connectivity index (χ2v) is 5.18. The standard InChI is InChI=1S/C14H27NO/c1-5-6-7-8-9-10-11-14(4,15)13(16)12(2)3/h5,12H,1,6-11,15H2,2-4H3/t14-/m1/s1. The summed E-state index contributed by atoms with van der Waals surface area (Å²) in [5.41, 5.74) is 5.40. The first kappa shape index (κ1) is 15.4. The fourth-order valence-electron chi connectivity index (χ4n) is 1.92. The van der Waals surface area contributed by atoms with Crippen LogP contribution in [0.2, 0.25) is 0 Å². The summed E-state index contributed by atoms with van der Waals surface area (Å²) in [5, 5.41) is 0. The van der Waals surface area contributed by atoms with Crippen molar-refractivity contribution in [1.82, 2.24) is 0 Å². The van der Waals surface area contributed by atoms with Crippen molar-refractivity contribution < 1.29 is 4.79 Å². The third kappa shape index (κ3) is 6.06. The maximum atomic E-state index is 11.8. The minimum atomic E-state index is -0.632. The van der Waals surface area contributed by atoms with Gasteiger partial charge in [-0.25, -0.2) is 0 Å². The van der Waals surface area contributed by atoms with E-state index in [1.165, 1.54) is 12.8 Å². The molecule has 0 rings (SSSR count). The molecule has 0 aliphatic rings. The number of ketones is 1. The lowest BCUT2D eigenvalue weighted by molar-refractivity contribution is -0.126. The fourth-order valence-corrected chi connectivity index (χ4v) is 1.92. The summed E-state index contributed by atoms with van der Waals surface area (Å²) >= 11 is 0. The molecule has 1 atom stereocenters. The Hall–Kier alpha value is -0.630. The van der Waals surface area contributed by atoms with E-state index in [0.717, 1.165) is 25.7 Å². The molecule has 0 bridgehead atoms. The van der Waals surface area contributed by atoms with Crippen LogP contribution in [0.4, 0.5) is 0 Å². The highest BCUT2D eigenvalue weighted by molar-refractivity contribution is 5.89. The Kier molecular flexibility index (Phi) is 7.31. The zero-order valence-corrected chi connectivity index (χ0v) is 11.1. The van der Waals surface area contributed by atoms with Gasteiger partial charge in [-0.05, 0) is 26.2 Å². The van der Waals surface area contributed by atoms with Crippen LogP contribution in [-0.2, 0) is 4.79 Å².